The second kappa shape index (κ2) is 20.9. The molecule has 0 heterocycles. The SMILES string of the molecule is CCCCCCCCCc1cc(C)cc(CCCCCCCCC)c1O.COCc1cc(C(C)(C)C)c(O)c(C(C)(C)C)c1. The maximum absolute atomic E-state index is 10.7. The normalized spacial score (nSPS) is 11.9. The van der Waals surface area contributed by atoms with E-state index >= 15 is 0 Å². The van der Waals surface area contributed by atoms with E-state index in [1.54, 1.807) is 7.11 Å². The van der Waals surface area contributed by atoms with Gasteiger partial charge >= 0.3 is 0 Å². The maximum Gasteiger partial charge on any atom is 0.123 e. The second-order valence-electron chi connectivity index (χ2n) is 15.1. The quantitative estimate of drug-likeness (QED) is 0.165. The number of methoxy groups -OCH3 is 1. The summed E-state index contributed by atoms with van der Waals surface area (Å²) in [5.41, 5.74) is 6.60. The number of aromatic hydroxyl groups is 2. The largest absolute Gasteiger partial charge is 0.507 e. The lowest BCUT2D eigenvalue weighted by molar-refractivity contribution is 0.184. The molecule has 0 bridgehead atoms. The topological polar surface area (TPSA) is 49.7 Å². The second-order valence-corrected chi connectivity index (χ2v) is 15.1. The standard InChI is InChI=1S/C25H44O.C16H26O2/c1-4-6-8-10-12-14-16-18-23-20-22(3)21-24(25(23)26)19-17-15-13-11-9-7-5-2;1-15(2,3)12-8-11(10-18-7)9-13(14(12)17)16(4,5)6/h20-21,26H,4-19H2,1-3H3;8-9,17H,10H2,1-7H3. The molecule has 0 aliphatic heterocycles. The summed E-state index contributed by atoms with van der Waals surface area (Å²) in [6.07, 6.45) is 20.7. The first-order chi connectivity index (χ1) is 20.8. The van der Waals surface area contributed by atoms with Crippen molar-refractivity contribution in [3.05, 3.63) is 57.6 Å². The molecule has 0 aliphatic rings. The predicted octanol–water partition coefficient (Wildman–Crippen LogP) is 12.4. The van der Waals surface area contributed by atoms with Crippen molar-refractivity contribution in [1.82, 2.24) is 0 Å². The molecular weight excluding hydrogens is 540 g/mol. The number of unbranched alkanes of at least 4 members (excludes halogenated alkanes) is 12. The Labute approximate surface area is 273 Å². The van der Waals surface area contributed by atoms with Crippen LogP contribution in [0, 0.1) is 6.92 Å². The van der Waals surface area contributed by atoms with Crippen LogP contribution in [0.15, 0.2) is 24.3 Å². The zero-order chi connectivity index (χ0) is 33.2. The molecule has 252 valence electrons. The minimum Gasteiger partial charge on any atom is -0.507 e. The average Bonchev–Trinajstić information content (AvgIpc) is 2.94. The van der Waals surface area contributed by atoms with E-state index in [2.05, 4.69) is 74.4 Å². The molecule has 0 aromatic heterocycles. The first-order valence-electron chi connectivity index (χ1n) is 17.9. The molecule has 0 fully saturated rings. The van der Waals surface area contributed by atoms with E-state index in [-0.39, 0.29) is 10.8 Å². The van der Waals surface area contributed by atoms with Gasteiger partial charge in [-0.15, -0.1) is 0 Å². The van der Waals surface area contributed by atoms with Gasteiger partial charge < -0.3 is 14.9 Å². The Morgan fingerprint density at radius 1 is 0.545 bits per heavy atom. The number of aryl methyl sites for hydroxylation is 3. The Hall–Kier alpha value is -2.00. The van der Waals surface area contributed by atoms with Gasteiger partial charge in [-0.1, -0.05) is 150 Å². The molecule has 0 aliphatic carbocycles. The molecule has 3 heteroatoms. The summed E-state index contributed by atoms with van der Waals surface area (Å²) in [5.74, 6) is 1.02. The molecule has 0 spiro atoms. The van der Waals surface area contributed by atoms with Gasteiger partial charge in [-0.05, 0) is 83.4 Å². The highest BCUT2D eigenvalue weighted by Gasteiger charge is 2.26. The van der Waals surface area contributed by atoms with Crippen LogP contribution in [-0.2, 0) is 35.0 Å². The highest BCUT2D eigenvalue weighted by molar-refractivity contribution is 5.49. The predicted molar refractivity (Wildman–Crippen MR) is 192 cm³/mol. The van der Waals surface area contributed by atoms with Crippen molar-refractivity contribution in [2.75, 3.05) is 7.11 Å². The molecule has 2 N–H and O–H groups in total. The Kier molecular flexibility index (Phi) is 19.0. The minimum atomic E-state index is -0.0756. The van der Waals surface area contributed by atoms with Crippen LogP contribution in [-0.4, -0.2) is 17.3 Å². The van der Waals surface area contributed by atoms with Crippen LogP contribution in [0.2, 0.25) is 0 Å². The average molecular weight is 611 g/mol. The molecule has 3 nitrogen and oxygen atoms in total. The van der Waals surface area contributed by atoms with Gasteiger partial charge in [-0.2, -0.15) is 0 Å². The van der Waals surface area contributed by atoms with Gasteiger partial charge in [0.25, 0.3) is 0 Å². The summed E-state index contributed by atoms with van der Waals surface area (Å²) < 4.78 is 5.22. The first-order valence-corrected chi connectivity index (χ1v) is 17.9. The number of ether oxygens (including phenoxy) is 1. The Balaban J connectivity index is 0.000000470. The zero-order valence-electron chi connectivity index (χ0n) is 30.6. The number of rotatable bonds is 18. The van der Waals surface area contributed by atoms with E-state index in [0.29, 0.717) is 18.1 Å². The van der Waals surface area contributed by atoms with Gasteiger partial charge in [0.15, 0.2) is 0 Å². The van der Waals surface area contributed by atoms with Crippen LogP contribution in [0.5, 0.6) is 11.5 Å². The third kappa shape index (κ3) is 15.3. The lowest BCUT2D eigenvalue weighted by Crippen LogP contribution is -2.18. The third-order valence-electron chi connectivity index (χ3n) is 8.61. The Bertz CT molecular complexity index is 980. The van der Waals surface area contributed by atoms with Crippen LogP contribution < -0.4 is 0 Å². The molecule has 2 aromatic carbocycles. The van der Waals surface area contributed by atoms with Crippen LogP contribution in [0.25, 0.3) is 0 Å². The first kappa shape index (κ1) is 40.0. The van der Waals surface area contributed by atoms with Crippen molar-refractivity contribution in [2.24, 2.45) is 0 Å². The van der Waals surface area contributed by atoms with E-state index in [1.165, 1.54) is 107 Å². The molecule has 44 heavy (non-hydrogen) atoms. The number of hydrogen-bond donors (Lipinski definition) is 2. The molecule has 0 unspecified atom stereocenters. The zero-order valence-corrected chi connectivity index (χ0v) is 30.6. The lowest BCUT2D eigenvalue weighted by Gasteiger charge is -2.28. The van der Waals surface area contributed by atoms with Crippen molar-refractivity contribution in [1.29, 1.82) is 0 Å². The fraction of sp³-hybridized carbons (Fsp3) is 0.707. The van der Waals surface area contributed by atoms with E-state index in [1.807, 2.05) is 12.1 Å². The van der Waals surface area contributed by atoms with Gasteiger partial charge in [0.2, 0.25) is 0 Å². The van der Waals surface area contributed by atoms with Gasteiger partial charge in [0, 0.05) is 7.11 Å². The summed E-state index contributed by atoms with van der Waals surface area (Å²) in [6, 6.07) is 8.49. The molecule has 2 aromatic rings. The van der Waals surface area contributed by atoms with Crippen LogP contribution in [0.4, 0.5) is 0 Å². The summed E-state index contributed by atoms with van der Waals surface area (Å²) in [4.78, 5) is 0. The maximum atomic E-state index is 10.7. The number of phenolic OH excluding ortho intramolecular Hbond substituents is 2. The number of benzene rings is 2. The molecule has 0 atom stereocenters. The van der Waals surface area contributed by atoms with Crippen LogP contribution >= 0.6 is 0 Å². The highest BCUT2D eigenvalue weighted by atomic mass is 16.5. The summed E-state index contributed by atoms with van der Waals surface area (Å²) in [7, 11) is 1.69. The highest BCUT2D eigenvalue weighted by Crippen LogP contribution is 2.40. The Morgan fingerprint density at radius 3 is 1.25 bits per heavy atom. The molecule has 0 amide bonds. The van der Waals surface area contributed by atoms with Crippen LogP contribution in [0.3, 0.4) is 0 Å². The molecule has 0 radical (unpaired) electrons. The van der Waals surface area contributed by atoms with Crippen molar-refractivity contribution < 1.29 is 14.9 Å². The third-order valence-corrected chi connectivity index (χ3v) is 8.61. The molecule has 0 saturated carbocycles. The number of phenols is 2. The lowest BCUT2D eigenvalue weighted by atomic mass is 9.78. The van der Waals surface area contributed by atoms with Crippen LogP contribution in [0.1, 0.15) is 179 Å². The van der Waals surface area contributed by atoms with E-state index in [4.69, 9.17) is 4.74 Å². The van der Waals surface area contributed by atoms with E-state index in [9.17, 15) is 10.2 Å². The smallest absolute Gasteiger partial charge is 0.123 e. The van der Waals surface area contributed by atoms with Gasteiger partial charge in [0.1, 0.15) is 11.5 Å². The molecular formula is C41H70O3. The minimum absolute atomic E-state index is 0.0756. The summed E-state index contributed by atoms with van der Waals surface area (Å²) >= 11 is 0. The van der Waals surface area contributed by atoms with E-state index in [0.717, 1.165) is 29.5 Å². The van der Waals surface area contributed by atoms with Crippen molar-refractivity contribution >= 4 is 0 Å². The van der Waals surface area contributed by atoms with Crippen molar-refractivity contribution in [3.8, 4) is 11.5 Å². The van der Waals surface area contributed by atoms with Gasteiger partial charge in [0.05, 0.1) is 6.61 Å². The van der Waals surface area contributed by atoms with Crippen molar-refractivity contribution in [3.63, 3.8) is 0 Å². The Morgan fingerprint density at radius 2 is 0.909 bits per heavy atom. The van der Waals surface area contributed by atoms with Crippen molar-refractivity contribution in [2.45, 2.75) is 182 Å². The summed E-state index contributed by atoms with van der Waals surface area (Å²) in [6.45, 7) is 20.0. The monoisotopic (exact) mass is 611 g/mol. The fourth-order valence-corrected chi connectivity index (χ4v) is 5.95. The van der Waals surface area contributed by atoms with Gasteiger partial charge in [-0.25, -0.2) is 0 Å². The molecule has 0 saturated heterocycles. The van der Waals surface area contributed by atoms with Gasteiger partial charge in [-0.3, -0.25) is 0 Å². The summed E-state index contributed by atoms with van der Waals surface area (Å²) in [5, 5.41) is 21.2. The molecule has 2 rings (SSSR count). The van der Waals surface area contributed by atoms with E-state index < -0.39 is 0 Å². The fourth-order valence-electron chi connectivity index (χ4n) is 5.95. The number of hydrogen-bond acceptors (Lipinski definition) is 3.